The molecule has 3 unspecified atom stereocenters. The van der Waals surface area contributed by atoms with Gasteiger partial charge in [-0.25, -0.2) is 9.13 Å². The van der Waals surface area contributed by atoms with Gasteiger partial charge in [0.15, 0.2) is 12.2 Å². The Bertz CT molecular complexity index is 1870. The van der Waals surface area contributed by atoms with Crippen LogP contribution >= 0.6 is 15.6 Å². The summed E-state index contributed by atoms with van der Waals surface area (Å²) in [6.45, 7) is 14.1. The highest BCUT2D eigenvalue weighted by atomic mass is 31.2. The van der Waals surface area contributed by atoms with Gasteiger partial charge in [-0.2, -0.15) is 0 Å². The third kappa shape index (κ3) is 69.0. The Morgan fingerprint density at radius 2 is 0.505 bits per heavy atom. The zero-order chi connectivity index (χ0) is 70.3. The predicted octanol–water partition coefficient (Wildman–Crippen LogP) is 22.0. The summed E-state index contributed by atoms with van der Waals surface area (Å²) in [5, 5.41) is 10.6. The van der Waals surface area contributed by atoms with Gasteiger partial charge in [0.2, 0.25) is 0 Å². The molecule has 17 nitrogen and oxygen atoms in total. The minimum absolute atomic E-state index is 0.102. The number of phosphoric acid groups is 2. The lowest BCUT2D eigenvalue weighted by Gasteiger charge is -2.21. The molecule has 0 aliphatic rings. The number of esters is 4. The van der Waals surface area contributed by atoms with Crippen molar-refractivity contribution < 1.29 is 80.2 Å². The van der Waals surface area contributed by atoms with E-state index in [1.807, 2.05) is 0 Å². The van der Waals surface area contributed by atoms with Gasteiger partial charge in [-0.05, 0) is 49.4 Å². The van der Waals surface area contributed by atoms with E-state index in [0.29, 0.717) is 37.5 Å². The van der Waals surface area contributed by atoms with Crippen LogP contribution in [0.4, 0.5) is 0 Å². The summed E-state index contributed by atoms with van der Waals surface area (Å²) >= 11 is 0. The van der Waals surface area contributed by atoms with Crippen molar-refractivity contribution in [1.29, 1.82) is 0 Å². The standard InChI is InChI=1S/C76H148O17P2/c1-9-69(8)55-47-39-29-25-21-16-14-12-10-11-13-15-17-22-26-30-40-48-56-73(78)86-62-72(93-76(81)59-51-43-35-33-38-46-54-68(6)7)65-91-95(84,85)89-61-70(77)60-88-94(82,83)90-64-71(63-87-74(79)57-49-41-34-32-37-45-53-67(4)5)92-75(80)58-50-42-31-27-23-19-18-20-24-28-36-44-52-66(2)3/h66-72,77H,9-65H2,1-8H3,(H,82,83)(H,84,85)/t69?,70-,71+,72+/m0/s1. The largest absolute Gasteiger partial charge is 0.472 e. The van der Waals surface area contributed by atoms with Crippen LogP contribution in [-0.4, -0.2) is 96.7 Å². The first-order valence-corrected chi connectivity index (χ1v) is 42.2. The molecule has 95 heavy (non-hydrogen) atoms. The van der Waals surface area contributed by atoms with Crippen molar-refractivity contribution in [2.24, 2.45) is 23.7 Å². The van der Waals surface area contributed by atoms with Crippen molar-refractivity contribution in [3.05, 3.63) is 0 Å². The number of unbranched alkanes of at least 4 members (excludes halogenated alkanes) is 38. The number of phosphoric ester groups is 2. The second kappa shape index (κ2) is 65.4. The average molecular weight is 1400 g/mol. The molecule has 6 atom stereocenters. The van der Waals surface area contributed by atoms with Gasteiger partial charge in [0.05, 0.1) is 26.4 Å². The van der Waals surface area contributed by atoms with Crippen LogP contribution in [0.3, 0.4) is 0 Å². The Labute approximate surface area is 581 Å². The number of carbonyl (C=O) groups excluding carboxylic acids is 4. The number of hydrogen-bond acceptors (Lipinski definition) is 15. The van der Waals surface area contributed by atoms with Gasteiger partial charge in [-0.15, -0.1) is 0 Å². The summed E-state index contributed by atoms with van der Waals surface area (Å²) in [6, 6.07) is 0. The molecule has 0 aliphatic carbocycles. The summed E-state index contributed by atoms with van der Waals surface area (Å²) in [5.41, 5.74) is 0. The highest BCUT2D eigenvalue weighted by Gasteiger charge is 2.30. The SMILES string of the molecule is CCC(C)CCCCCCCCCCCCCCCCCCCCC(=O)OC[C@H](COP(=O)(O)OC[C@@H](O)COP(=O)(O)OC[C@@H](COC(=O)CCCCCCCCC(C)C)OC(=O)CCCCCCCCCCCCCCC(C)C)OC(=O)CCCCCCCCC(C)C. The second-order valence-corrected chi connectivity index (χ2v) is 32.0. The first kappa shape index (κ1) is 93.1. The molecule has 0 rings (SSSR count). The van der Waals surface area contributed by atoms with Gasteiger partial charge < -0.3 is 33.8 Å². The first-order valence-electron chi connectivity index (χ1n) is 39.2. The van der Waals surface area contributed by atoms with Crippen molar-refractivity contribution in [2.75, 3.05) is 39.6 Å². The molecular formula is C76H148O17P2. The fourth-order valence-electron chi connectivity index (χ4n) is 11.5. The number of hydrogen-bond donors (Lipinski definition) is 3. The zero-order valence-electron chi connectivity index (χ0n) is 62.3. The van der Waals surface area contributed by atoms with Gasteiger partial charge in [0, 0.05) is 25.7 Å². The van der Waals surface area contributed by atoms with Crippen LogP contribution in [0, 0.1) is 23.7 Å². The minimum Gasteiger partial charge on any atom is -0.462 e. The molecular weight excluding hydrogens is 1250 g/mol. The van der Waals surface area contributed by atoms with E-state index in [-0.39, 0.29) is 25.7 Å². The maximum atomic E-state index is 13.0. The molecule has 0 aliphatic heterocycles. The number of ether oxygens (including phenoxy) is 4. The fraction of sp³-hybridized carbons (Fsp3) is 0.947. The van der Waals surface area contributed by atoms with E-state index in [1.54, 1.807) is 0 Å². The van der Waals surface area contributed by atoms with Crippen LogP contribution < -0.4 is 0 Å². The fourth-order valence-corrected chi connectivity index (χ4v) is 13.1. The third-order valence-electron chi connectivity index (χ3n) is 17.9. The van der Waals surface area contributed by atoms with E-state index in [9.17, 15) is 43.2 Å². The van der Waals surface area contributed by atoms with Crippen molar-refractivity contribution in [3.8, 4) is 0 Å². The predicted molar refractivity (Wildman–Crippen MR) is 386 cm³/mol. The lowest BCUT2D eigenvalue weighted by molar-refractivity contribution is -0.161. The number of carbonyl (C=O) groups is 4. The molecule has 0 heterocycles. The normalized spacial score (nSPS) is 14.4. The van der Waals surface area contributed by atoms with Gasteiger partial charge in [-0.3, -0.25) is 37.3 Å². The van der Waals surface area contributed by atoms with Gasteiger partial charge in [0.1, 0.15) is 19.3 Å². The topological polar surface area (TPSA) is 237 Å². The average Bonchev–Trinajstić information content (AvgIpc) is 1.41. The Hall–Kier alpha value is -1.94. The van der Waals surface area contributed by atoms with Crippen molar-refractivity contribution in [2.45, 2.75) is 401 Å². The molecule has 0 spiro atoms. The van der Waals surface area contributed by atoms with E-state index >= 15 is 0 Å². The smallest absolute Gasteiger partial charge is 0.462 e. The molecule has 0 radical (unpaired) electrons. The van der Waals surface area contributed by atoms with E-state index in [2.05, 4.69) is 55.4 Å². The van der Waals surface area contributed by atoms with Gasteiger partial charge in [-0.1, -0.05) is 331 Å². The third-order valence-corrected chi connectivity index (χ3v) is 19.8. The summed E-state index contributed by atoms with van der Waals surface area (Å²) in [5.74, 6) is 0.870. The summed E-state index contributed by atoms with van der Waals surface area (Å²) in [6.07, 6.45) is 50.5. The Morgan fingerprint density at radius 1 is 0.295 bits per heavy atom. The van der Waals surface area contributed by atoms with Gasteiger partial charge in [0.25, 0.3) is 0 Å². The van der Waals surface area contributed by atoms with Crippen LogP contribution in [-0.2, 0) is 65.4 Å². The molecule has 3 N–H and O–H groups in total. The lowest BCUT2D eigenvalue weighted by Crippen LogP contribution is -2.30. The van der Waals surface area contributed by atoms with Crippen molar-refractivity contribution >= 4 is 39.5 Å². The van der Waals surface area contributed by atoms with Crippen LogP contribution in [0.5, 0.6) is 0 Å². The lowest BCUT2D eigenvalue weighted by atomic mass is 9.99. The Morgan fingerprint density at radius 3 is 0.747 bits per heavy atom. The maximum absolute atomic E-state index is 13.0. The quantitative estimate of drug-likeness (QED) is 0.0222. The van der Waals surface area contributed by atoms with Crippen LogP contribution in [0.15, 0.2) is 0 Å². The summed E-state index contributed by atoms with van der Waals surface area (Å²) in [4.78, 5) is 72.6. The maximum Gasteiger partial charge on any atom is 0.472 e. The van der Waals surface area contributed by atoms with Crippen LogP contribution in [0.25, 0.3) is 0 Å². The van der Waals surface area contributed by atoms with E-state index in [4.69, 9.17) is 37.0 Å². The van der Waals surface area contributed by atoms with Gasteiger partial charge >= 0.3 is 39.5 Å². The number of aliphatic hydroxyl groups is 1. The highest BCUT2D eigenvalue weighted by Crippen LogP contribution is 2.45. The Kier molecular flexibility index (Phi) is 64.0. The van der Waals surface area contributed by atoms with E-state index < -0.39 is 97.5 Å². The van der Waals surface area contributed by atoms with E-state index in [1.165, 1.54) is 180 Å². The summed E-state index contributed by atoms with van der Waals surface area (Å²) in [7, 11) is -9.91. The van der Waals surface area contributed by atoms with Crippen molar-refractivity contribution in [3.63, 3.8) is 0 Å². The first-order chi connectivity index (χ1) is 45.6. The molecule has 0 aromatic rings. The van der Waals surface area contributed by atoms with Crippen LogP contribution in [0.1, 0.15) is 383 Å². The minimum atomic E-state index is -4.95. The monoisotopic (exact) mass is 1400 g/mol. The second-order valence-electron chi connectivity index (χ2n) is 29.1. The van der Waals surface area contributed by atoms with E-state index in [0.717, 1.165) is 108 Å². The molecule has 0 amide bonds. The molecule has 0 aromatic carbocycles. The number of aliphatic hydroxyl groups excluding tert-OH is 1. The van der Waals surface area contributed by atoms with Crippen LogP contribution in [0.2, 0.25) is 0 Å². The zero-order valence-corrected chi connectivity index (χ0v) is 64.1. The molecule has 0 bridgehead atoms. The molecule has 564 valence electrons. The molecule has 19 heteroatoms. The van der Waals surface area contributed by atoms with Crippen molar-refractivity contribution in [1.82, 2.24) is 0 Å². The Balaban J connectivity index is 5.09. The molecule has 0 fully saturated rings. The molecule has 0 saturated carbocycles. The molecule has 0 saturated heterocycles. The summed E-state index contributed by atoms with van der Waals surface area (Å²) < 4.78 is 68.4. The number of rotatable bonds is 73. The highest BCUT2D eigenvalue weighted by molar-refractivity contribution is 7.47. The molecule has 0 aromatic heterocycles.